The number of aryl methyl sites for hydroxylation is 2. The van der Waals surface area contributed by atoms with Crippen LogP contribution in [-0.2, 0) is 21.1 Å². The van der Waals surface area contributed by atoms with E-state index in [-0.39, 0.29) is 83.2 Å². The van der Waals surface area contributed by atoms with E-state index in [4.69, 9.17) is 0 Å². The number of hydrogen-bond donors (Lipinski definition) is 0. The van der Waals surface area contributed by atoms with Gasteiger partial charge in [-0.15, -0.1) is 71.9 Å². The van der Waals surface area contributed by atoms with Crippen LogP contribution in [0.25, 0.3) is 11.2 Å². The number of imidazole rings is 1. The van der Waals surface area contributed by atoms with Crippen LogP contribution in [-0.4, -0.2) is 18.7 Å². The minimum absolute atomic E-state index is 0. The van der Waals surface area contributed by atoms with Gasteiger partial charge in [-0.3, -0.25) is 13.9 Å². The Morgan fingerprint density at radius 1 is 1.00 bits per heavy atom. The zero-order valence-electron chi connectivity index (χ0n) is 9.41. The van der Waals surface area contributed by atoms with Gasteiger partial charge in [-0.25, -0.2) is 9.78 Å². The van der Waals surface area contributed by atoms with Gasteiger partial charge in [-0.05, 0) is 0 Å². The summed E-state index contributed by atoms with van der Waals surface area (Å²) < 4.78 is 4.04. The average molecular weight is 578 g/mol. The monoisotopic (exact) mass is 578 g/mol. The van der Waals surface area contributed by atoms with Crippen LogP contribution < -0.4 is 11.2 Å². The van der Waals surface area contributed by atoms with Crippen molar-refractivity contribution in [2.45, 2.75) is 0 Å². The molecule has 0 aliphatic heterocycles. The van der Waals surface area contributed by atoms with E-state index in [9.17, 15) is 9.59 Å². The van der Waals surface area contributed by atoms with Gasteiger partial charge in [0.25, 0.3) is 5.56 Å². The fourth-order valence-electron chi connectivity index (χ4n) is 1.47. The van der Waals surface area contributed by atoms with Gasteiger partial charge in [0.05, 0.1) is 6.33 Å². The SMILES string of the molecule is Cn1c(=O)c2c(ncn2C)n(C)c1=O.I.I.I. The summed E-state index contributed by atoms with van der Waals surface area (Å²) in [5.74, 6) is 0. The Bertz CT molecular complexity index is 628. The van der Waals surface area contributed by atoms with Crippen molar-refractivity contribution in [2.24, 2.45) is 21.1 Å². The van der Waals surface area contributed by atoms with Gasteiger partial charge in [0.2, 0.25) is 0 Å². The lowest BCUT2D eigenvalue weighted by Gasteiger charge is -2.02. The van der Waals surface area contributed by atoms with E-state index < -0.39 is 0 Å². The first kappa shape index (κ1) is 19.7. The highest BCUT2D eigenvalue weighted by atomic mass is 127. The van der Waals surface area contributed by atoms with Crippen LogP contribution in [0.3, 0.4) is 0 Å². The van der Waals surface area contributed by atoms with Crippen molar-refractivity contribution in [3.05, 3.63) is 27.2 Å². The largest absolute Gasteiger partial charge is 0.332 e. The molecule has 0 atom stereocenters. The molecule has 0 spiro atoms. The smallest absolute Gasteiger partial charge is 0.328 e. The first-order chi connectivity index (χ1) is 6.54. The zero-order valence-corrected chi connectivity index (χ0v) is 16.4. The molecule has 2 aromatic heterocycles. The molecule has 98 valence electrons. The summed E-state index contributed by atoms with van der Waals surface area (Å²) in [5.41, 5.74) is 0.180. The molecule has 2 rings (SSSR count). The molecular formula is C8H13I3N4O2. The maximum absolute atomic E-state index is 11.7. The number of aromatic nitrogens is 4. The normalized spacial score (nSPS) is 9.12. The van der Waals surface area contributed by atoms with Gasteiger partial charge in [0, 0.05) is 21.1 Å². The Morgan fingerprint density at radius 2 is 1.53 bits per heavy atom. The first-order valence-electron chi connectivity index (χ1n) is 4.11. The summed E-state index contributed by atoms with van der Waals surface area (Å²) >= 11 is 0. The number of rotatable bonds is 0. The third-order valence-electron chi connectivity index (χ3n) is 2.32. The van der Waals surface area contributed by atoms with Gasteiger partial charge < -0.3 is 4.57 Å². The number of hydrogen-bond acceptors (Lipinski definition) is 3. The van der Waals surface area contributed by atoms with E-state index in [1.54, 1.807) is 18.7 Å². The molecule has 0 bridgehead atoms. The molecule has 0 fully saturated rings. The highest BCUT2D eigenvalue weighted by molar-refractivity contribution is 14.0. The van der Waals surface area contributed by atoms with Crippen LogP contribution in [0.15, 0.2) is 15.9 Å². The Labute approximate surface area is 148 Å². The Hall–Kier alpha value is 0.340. The maximum Gasteiger partial charge on any atom is 0.332 e. The van der Waals surface area contributed by atoms with Crippen LogP contribution in [0.2, 0.25) is 0 Å². The van der Waals surface area contributed by atoms with Crippen LogP contribution >= 0.6 is 71.9 Å². The van der Waals surface area contributed by atoms with Gasteiger partial charge >= 0.3 is 5.69 Å². The molecule has 2 aromatic rings. The van der Waals surface area contributed by atoms with Crippen molar-refractivity contribution in [1.82, 2.24) is 18.7 Å². The molecule has 0 saturated heterocycles. The Morgan fingerprint density at radius 3 is 2.06 bits per heavy atom. The topological polar surface area (TPSA) is 61.8 Å². The second-order valence-electron chi connectivity index (χ2n) is 3.23. The summed E-state index contributed by atoms with van der Waals surface area (Å²) in [5, 5.41) is 0. The lowest BCUT2D eigenvalue weighted by atomic mass is 10.5. The predicted octanol–water partition coefficient (Wildman–Crippen LogP) is 0.825. The lowest BCUT2D eigenvalue weighted by Crippen LogP contribution is -2.37. The van der Waals surface area contributed by atoms with E-state index in [0.29, 0.717) is 11.2 Å². The highest BCUT2D eigenvalue weighted by Gasteiger charge is 2.11. The molecule has 0 aliphatic carbocycles. The number of halogens is 3. The molecule has 0 aromatic carbocycles. The van der Waals surface area contributed by atoms with Gasteiger partial charge in [-0.1, -0.05) is 0 Å². The van der Waals surface area contributed by atoms with Crippen molar-refractivity contribution in [1.29, 1.82) is 0 Å². The van der Waals surface area contributed by atoms with Crippen LogP contribution in [0, 0.1) is 0 Å². The fourth-order valence-corrected chi connectivity index (χ4v) is 1.47. The lowest BCUT2D eigenvalue weighted by molar-refractivity contribution is 0.705. The Kier molecular flexibility index (Phi) is 8.17. The van der Waals surface area contributed by atoms with E-state index >= 15 is 0 Å². The van der Waals surface area contributed by atoms with Crippen molar-refractivity contribution >= 4 is 83.1 Å². The molecule has 0 saturated carbocycles. The number of nitrogens with zero attached hydrogens (tertiary/aromatic N) is 4. The van der Waals surface area contributed by atoms with Crippen molar-refractivity contribution in [3.8, 4) is 0 Å². The second kappa shape index (κ2) is 7.06. The molecule has 0 N–H and O–H groups in total. The first-order valence-corrected chi connectivity index (χ1v) is 4.11. The molecule has 9 heteroatoms. The van der Waals surface area contributed by atoms with Crippen molar-refractivity contribution < 1.29 is 0 Å². The molecular weight excluding hydrogens is 565 g/mol. The van der Waals surface area contributed by atoms with Gasteiger partial charge in [-0.2, -0.15) is 0 Å². The van der Waals surface area contributed by atoms with E-state index in [1.807, 2.05) is 0 Å². The number of fused-ring (bicyclic) bond motifs is 1. The van der Waals surface area contributed by atoms with Crippen LogP contribution in [0.4, 0.5) is 0 Å². The Balaban J connectivity index is 0. The third-order valence-corrected chi connectivity index (χ3v) is 2.32. The quantitative estimate of drug-likeness (QED) is 0.436. The molecule has 0 unspecified atom stereocenters. The molecule has 0 radical (unpaired) electrons. The summed E-state index contributed by atoms with van der Waals surface area (Å²) in [4.78, 5) is 27.2. The minimum atomic E-state index is -0.360. The van der Waals surface area contributed by atoms with E-state index in [2.05, 4.69) is 4.98 Å². The van der Waals surface area contributed by atoms with Crippen LogP contribution in [0.5, 0.6) is 0 Å². The fraction of sp³-hybridized carbons (Fsp3) is 0.375. The predicted molar refractivity (Wildman–Crippen MR) is 97.4 cm³/mol. The molecule has 6 nitrogen and oxygen atoms in total. The van der Waals surface area contributed by atoms with Crippen molar-refractivity contribution in [3.63, 3.8) is 0 Å². The summed E-state index contributed by atoms with van der Waals surface area (Å²) in [6.07, 6.45) is 1.52. The van der Waals surface area contributed by atoms with Gasteiger partial charge in [0.1, 0.15) is 0 Å². The highest BCUT2D eigenvalue weighted by Crippen LogP contribution is 2.01. The molecule has 0 amide bonds. The summed E-state index contributed by atoms with van der Waals surface area (Å²) in [6, 6.07) is 0. The summed E-state index contributed by atoms with van der Waals surface area (Å²) in [6.45, 7) is 0. The zero-order chi connectivity index (χ0) is 10.5. The second-order valence-corrected chi connectivity index (χ2v) is 3.23. The van der Waals surface area contributed by atoms with Crippen LogP contribution in [0.1, 0.15) is 0 Å². The maximum atomic E-state index is 11.7. The molecule has 0 aliphatic rings. The molecule has 17 heavy (non-hydrogen) atoms. The van der Waals surface area contributed by atoms with Crippen molar-refractivity contribution in [2.75, 3.05) is 0 Å². The standard InChI is InChI=1S/C8H10N4O2.3HI/c1-10-4-9-6-5(10)7(13)12(3)8(14)11(6)2;;;/h4H,1-3H3;3*1H. The third kappa shape index (κ3) is 3.02. The van der Waals surface area contributed by atoms with Gasteiger partial charge in [0.15, 0.2) is 11.2 Å². The average Bonchev–Trinajstić information content (AvgIpc) is 2.54. The van der Waals surface area contributed by atoms with E-state index in [0.717, 1.165) is 4.57 Å². The summed E-state index contributed by atoms with van der Waals surface area (Å²) in [7, 11) is 4.77. The molecule has 2 heterocycles. The minimum Gasteiger partial charge on any atom is -0.328 e. The van der Waals surface area contributed by atoms with E-state index in [1.165, 1.54) is 17.9 Å².